The van der Waals surface area contributed by atoms with Gasteiger partial charge in [-0.2, -0.15) is 0 Å². The van der Waals surface area contributed by atoms with Crippen LogP contribution in [0.5, 0.6) is 0 Å². The van der Waals surface area contributed by atoms with Crippen molar-refractivity contribution in [2.24, 2.45) is 0 Å². The zero-order valence-corrected chi connectivity index (χ0v) is 11.3. The molecule has 1 rings (SSSR count). The topological polar surface area (TPSA) is 37.3 Å². The molecule has 15 heavy (non-hydrogen) atoms. The molecule has 0 radical (unpaired) electrons. The SMILES string of the molecule is CC(C)(C)Sc1cccc(Br)c1C(=O)O. The summed E-state index contributed by atoms with van der Waals surface area (Å²) in [6.07, 6.45) is 0. The lowest BCUT2D eigenvalue weighted by Gasteiger charge is -2.19. The molecule has 0 heterocycles. The smallest absolute Gasteiger partial charge is 0.337 e. The van der Waals surface area contributed by atoms with Crippen molar-refractivity contribution in [3.05, 3.63) is 28.2 Å². The lowest BCUT2D eigenvalue weighted by Crippen LogP contribution is -2.09. The van der Waals surface area contributed by atoms with Gasteiger partial charge in [0.25, 0.3) is 0 Å². The average Bonchev–Trinajstić information content (AvgIpc) is 1.99. The standard InChI is InChI=1S/C11H13BrO2S/c1-11(2,3)15-8-6-4-5-7(12)9(8)10(13)14/h4-6H,1-3H3,(H,13,14). The molecule has 0 amide bonds. The Morgan fingerprint density at radius 2 is 2.00 bits per heavy atom. The molecule has 0 spiro atoms. The first kappa shape index (κ1) is 12.6. The Bertz CT molecular complexity index is 383. The van der Waals surface area contributed by atoms with Crippen molar-refractivity contribution in [2.75, 3.05) is 0 Å². The van der Waals surface area contributed by atoms with E-state index < -0.39 is 5.97 Å². The summed E-state index contributed by atoms with van der Waals surface area (Å²) in [6, 6.07) is 5.44. The maximum atomic E-state index is 11.1. The molecule has 1 N–H and O–H groups in total. The van der Waals surface area contributed by atoms with E-state index in [2.05, 4.69) is 36.7 Å². The van der Waals surface area contributed by atoms with Crippen LogP contribution >= 0.6 is 27.7 Å². The highest BCUT2D eigenvalue weighted by molar-refractivity contribution is 9.10. The number of rotatable bonds is 2. The van der Waals surface area contributed by atoms with Crippen LogP contribution in [0, 0.1) is 0 Å². The van der Waals surface area contributed by atoms with Crippen molar-refractivity contribution in [2.45, 2.75) is 30.4 Å². The molecule has 0 aliphatic rings. The second kappa shape index (κ2) is 4.58. The van der Waals surface area contributed by atoms with E-state index in [1.807, 2.05) is 12.1 Å². The minimum absolute atomic E-state index is 0.00495. The van der Waals surface area contributed by atoms with Crippen molar-refractivity contribution >= 4 is 33.7 Å². The monoisotopic (exact) mass is 288 g/mol. The molecular weight excluding hydrogens is 276 g/mol. The molecule has 0 aliphatic carbocycles. The van der Waals surface area contributed by atoms with Crippen LogP contribution in [0.15, 0.2) is 27.6 Å². The normalized spacial score (nSPS) is 11.5. The van der Waals surface area contributed by atoms with Crippen LogP contribution < -0.4 is 0 Å². The second-order valence-corrected chi connectivity index (χ2v) is 6.86. The van der Waals surface area contributed by atoms with Gasteiger partial charge in [-0.15, -0.1) is 11.8 Å². The van der Waals surface area contributed by atoms with Crippen LogP contribution in [0.4, 0.5) is 0 Å². The van der Waals surface area contributed by atoms with Gasteiger partial charge in [-0.05, 0) is 28.1 Å². The Labute approximate surface area is 102 Å². The van der Waals surface area contributed by atoms with Gasteiger partial charge in [0.05, 0.1) is 5.56 Å². The van der Waals surface area contributed by atoms with E-state index in [1.165, 1.54) is 0 Å². The van der Waals surface area contributed by atoms with Crippen LogP contribution in [-0.2, 0) is 0 Å². The number of carboxylic acid groups (broad SMARTS) is 1. The van der Waals surface area contributed by atoms with Gasteiger partial charge in [-0.1, -0.05) is 26.8 Å². The molecular formula is C11H13BrO2S. The molecule has 1 aromatic rings. The molecule has 0 saturated heterocycles. The highest BCUT2D eigenvalue weighted by Crippen LogP contribution is 2.36. The van der Waals surface area contributed by atoms with E-state index in [0.29, 0.717) is 10.0 Å². The number of hydrogen-bond donors (Lipinski definition) is 1. The average molecular weight is 289 g/mol. The summed E-state index contributed by atoms with van der Waals surface area (Å²) in [6.45, 7) is 6.18. The van der Waals surface area contributed by atoms with Crippen LogP contribution in [-0.4, -0.2) is 15.8 Å². The minimum atomic E-state index is -0.894. The molecule has 0 aromatic heterocycles. The zero-order chi connectivity index (χ0) is 11.6. The summed E-state index contributed by atoms with van der Waals surface area (Å²) >= 11 is 4.82. The number of carboxylic acids is 1. The molecule has 0 fully saturated rings. The van der Waals surface area contributed by atoms with Gasteiger partial charge in [0.2, 0.25) is 0 Å². The fourth-order valence-corrected chi connectivity index (χ4v) is 2.90. The Hall–Kier alpha value is -0.480. The van der Waals surface area contributed by atoms with Gasteiger partial charge in [-0.3, -0.25) is 0 Å². The number of aromatic carboxylic acids is 1. The van der Waals surface area contributed by atoms with Gasteiger partial charge in [-0.25, -0.2) is 4.79 Å². The summed E-state index contributed by atoms with van der Waals surface area (Å²) < 4.78 is 0.634. The zero-order valence-electron chi connectivity index (χ0n) is 8.87. The highest BCUT2D eigenvalue weighted by atomic mass is 79.9. The molecule has 2 nitrogen and oxygen atoms in total. The van der Waals surface area contributed by atoms with Crippen molar-refractivity contribution in [1.82, 2.24) is 0 Å². The summed E-state index contributed by atoms with van der Waals surface area (Å²) in [4.78, 5) is 11.9. The van der Waals surface area contributed by atoms with E-state index >= 15 is 0 Å². The molecule has 82 valence electrons. The maximum Gasteiger partial charge on any atom is 0.337 e. The fraction of sp³-hybridized carbons (Fsp3) is 0.364. The summed E-state index contributed by atoms with van der Waals surface area (Å²) in [5, 5.41) is 9.10. The highest BCUT2D eigenvalue weighted by Gasteiger charge is 2.19. The molecule has 0 bridgehead atoms. The third kappa shape index (κ3) is 3.54. The largest absolute Gasteiger partial charge is 0.478 e. The Kier molecular flexibility index (Phi) is 3.84. The first-order valence-corrected chi connectivity index (χ1v) is 6.13. The molecule has 0 unspecified atom stereocenters. The maximum absolute atomic E-state index is 11.1. The first-order valence-electron chi connectivity index (χ1n) is 4.52. The van der Waals surface area contributed by atoms with E-state index in [0.717, 1.165) is 4.90 Å². The molecule has 4 heteroatoms. The van der Waals surface area contributed by atoms with Crippen LogP contribution in [0.1, 0.15) is 31.1 Å². The molecule has 0 aliphatic heterocycles. The van der Waals surface area contributed by atoms with E-state index in [-0.39, 0.29) is 4.75 Å². The number of carbonyl (C=O) groups is 1. The van der Waals surface area contributed by atoms with E-state index in [4.69, 9.17) is 5.11 Å². The van der Waals surface area contributed by atoms with Crippen molar-refractivity contribution in [3.8, 4) is 0 Å². The Morgan fingerprint density at radius 3 is 2.47 bits per heavy atom. The number of hydrogen-bond acceptors (Lipinski definition) is 2. The number of halogens is 1. The lowest BCUT2D eigenvalue weighted by atomic mass is 10.2. The van der Waals surface area contributed by atoms with E-state index in [9.17, 15) is 4.79 Å². The Morgan fingerprint density at radius 1 is 1.40 bits per heavy atom. The van der Waals surface area contributed by atoms with Crippen molar-refractivity contribution in [3.63, 3.8) is 0 Å². The lowest BCUT2D eigenvalue weighted by molar-refractivity contribution is 0.0692. The van der Waals surface area contributed by atoms with Gasteiger partial charge >= 0.3 is 5.97 Å². The first-order chi connectivity index (χ1) is 6.81. The summed E-state index contributed by atoms with van der Waals surface area (Å²) in [5.74, 6) is -0.894. The van der Waals surface area contributed by atoms with Crippen LogP contribution in [0.25, 0.3) is 0 Å². The predicted octanol–water partition coefficient (Wildman–Crippen LogP) is 4.04. The van der Waals surface area contributed by atoms with E-state index in [1.54, 1.807) is 17.8 Å². The third-order valence-electron chi connectivity index (χ3n) is 1.61. The quantitative estimate of drug-likeness (QED) is 0.835. The minimum Gasteiger partial charge on any atom is -0.478 e. The second-order valence-electron chi connectivity index (χ2n) is 4.13. The van der Waals surface area contributed by atoms with Gasteiger partial charge in [0.15, 0.2) is 0 Å². The van der Waals surface area contributed by atoms with Gasteiger partial charge in [0, 0.05) is 14.1 Å². The molecule has 0 saturated carbocycles. The van der Waals surface area contributed by atoms with Gasteiger partial charge < -0.3 is 5.11 Å². The molecule has 1 aromatic carbocycles. The third-order valence-corrected chi connectivity index (χ3v) is 3.44. The van der Waals surface area contributed by atoms with Crippen LogP contribution in [0.2, 0.25) is 0 Å². The summed E-state index contributed by atoms with van der Waals surface area (Å²) in [5.41, 5.74) is 0.345. The summed E-state index contributed by atoms with van der Waals surface area (Å²) in [7, 11) is 0. The predicted molar refractivity (Wildman–Crippen MR) is 66.7 cm³/mol. The van der Waals surface area contributed by atoms with Gasteiger partial charge in [0.1, 0.15) is 0 Å². The molecule has 0 atom stereocenters. The fourth-order valence-electron chi connectivity index (χ4n) is 1.13. The number of thioether (sulfide) groups is 1. The van der Waals surface area contributed by atoms with Crippen LogP contribution in [0.3, 0.4) is 0 Å². The van der Waals surface area contributed by atoms with Crippen molar-refractivity contribution in [1.29, 1.82) is 0 Å². The number of benzene rings is 1. The Balaban J connectivity index is 3.18. The van der Waals surface area contributed by atoms with Crippen molar-refractivity contribution < 1.29 is 9.90 Å².